The smallest absolute Gasteiger partial charge is 0.147 e. The summed E-state index contributed by atoms with van der Waals surface area (Å²) in [6, 6.07) is 50.5. The van der Waals surface area contributed by atoms with E-state index in [4.69, 9.17) is 23.7 Å². The topological polar surface area (TPSA) is 46.2 Å². The fourth-order valence-corrected chi connectivity index (χ4v) is 5.58. The van der Waals surface area contributed by atoms with Crippen LogP contribution < -0.4 is 0 Å². The van der Waals surface area contributed by atoms with Crippen LogP contribution in [0.1, 0.15) is 27.8 Å². The predicted octanol–water partition coefficient (Wildman–Crippen LogP) is 7.78. The van der Waals surface area contributed by atoms with Crippen molar-refractivity contribution in [3.63, 3.8) is 0 Å². The van der Waals surface area contributed by atoms with Gasteiger partial charge < -0.3 is 23.7 Å². The minimum atomic E-state index is -0.596. The molecule has 0 amide bonds. The van der Waals surface area contributed by atoms with Crippen LogP contribution >= 0.6 is 0 Å². The molecule has 0 bridgehead atoms. The van der Waals surface area contributed by atoms with E-state index < -0.39 is 30.5 Å². The van der Waals surface area contributed by atoms with Gasteiger partial charge in [-0.05, 0) is 34.4 Å². The molecule has 1 fully saturated rings. The quantitative estimate of drug-likeness (QED) is 0.125. The van der Waals surface area contributed by atoms with Crippen molar-refractivity contribution in [3.8, 4) is 11.8 Å². The highest BCUT2D eigenvalue weighted by molar-refractivity contribution is 5.35. The Labute approximate surface area is 278 Å². The Hall–Kier alpha value is -4.54. The first-order valence-corrected chi connectivity index (χ1v) is 16.1. The van der Waals surface area contributed by atoms with E-state index in [9.17, 15) is 0 Å². The first kappa shape index (κ1) is 32.4. The van der Waals surface area contributed by atoms with Gasteiger partial charge in [-0.15, -0.1) is 0 Å². The van der Waals surface area contributed by atoms with E-state index >= 15 is 0 Å². The zero-order chi connectivity index (χ0) is 31.9. The fourth-order valence-electron chi connectivity index (χ4n) is 5.58. The second kappa shape index (κ2) is 17.4. The molecule has 0 aromatic heterocycles. The maximum absolute atomic E-state index is 6.80. The molecule has 5 atom stereocenters. The average Bonchev–Trinajstić information content (AvgIpc) is 3.14. The van der Waals surface area contributed by atoms with Crippen molar-refractivity contribution in [1.82, 2.24) is 0 Å². The molecule has 0 saturated carbocycles. The first-order chi connectivity index (χ1) is 23.3. The lowest BCUT2D eigenvalue weighted by Gasteiger charge is -2.45. The van der Waals surface area contributed by atoms with Crippen LogP contribution in [-0.4, -0.2) is 37.1 Å². The molecule has 0 radical (unpaired) electrons. The van der Waals surface area contributed by atoms with Crippen LogP contribution in [0.5, 0.6) is 0 Å². The SMILES string of the molecule is C(#C[C@H]1O[C@H](COCc2ccccc2)[C@@H](OCc2ccccc2)[C@H](OCc2ccccc2)[C@H]1OCc1ccccc1)c1ccccc1. The molecule has 5 aromatic carbocycles. The van der Waals surface area contributed by atoms with Crippen LogP contribution in [0.3, 0.4) is 0 Å². The van der Waals surface area contributed by atoms with Crippen LogP contribution in [0.2, 0.25) is 0 Å². The Morgan fingerprint density at radius 3 is 1.34 bits per heavy atom. The van der Waals surface area contributed by atoms with Crippen molar-refractivity contribution >= 4 is 0 Å². The monoisotopic (exact) mass is 624 g/mol. The number of rotatable bonds is 13. The van der Waals surface area contributed by atoms with Crippen molar-refractivity contribution in [2.24, 2.45) is 0 Å². The number of hydrogen-bond donors (Lipinski definition) is 0. The fraction of sp³-hybridized carbons (Fsp3) is 0.238. The summed E-state index contributed by atoms with van der Waals surface area (Å²) in [4.78, 5) is 0. The van der Waals surface area contributed by atoms with Gasteiger partial charge in [0, 0.05) is 5.56 Å². The third kappa shape index (κ3) is 9.73. The Balaban J connectivity index is 1.32. The molecular weight excluding hydrogens is 584 g/mol. The highest BCUT2D eigenvalue weighted by Gasteiger charge is 2.48. The summed E-state index contributed by atoms with van der Waals surface area (Å²) < 4.78 is 33.3. The van der Waals surface area contributed by atoms with Gasteiger partial charge in [-0.2, -0.15) is 0 Å². The van der Waals surface area contributed by atoms with E-state index in [1.807, 2.05) is 103 Å². The Bertz CT molecular complexity index is 1650. The minimum absolute atomic E-state index is 0.300. The molecule has 1 aliphatic heterocycles. The Morgan fingerprint density at radius 1 is 0.447 bits per heavy atom. The van der Waals surface area contributed by atoms with E-state index in [0.717, 1.165) is 27.8 Å². The maximum atomic E-state index is 6.80. The predicted molar refractivity (Wildman–Crippen MR) is 183 cm³/mol. The van der Waals surface area contributed by atoms with Gasteiger partial charge in [0.05, 0.1) is 33.0 Å². The molecule has 1 saturated heterocycles. The van der Waals surface area contributed by atoms with E-state index in [0.29, 0.717) is 33.0 Å². The lowest BCUT2D eigenvalue weighted by Crippen LogP contribution is -2.60. The highest BCUT2D eigenvalue weighted by atomic mass is 16.6. The van der Waals surface area contributed by atoms with Crippen LogP contribution in [0, 0.1) is 11.8 Å². The highest BCUT2D eigenvalue weighted by Crippen LogP contribution is 2.31. The summed E-state index contributed by atoms with van der Waals surface area (Å²) in [5, 5.41) is 0. The van der Waals surface area contributed by atoms with E-state index in [1.54, 1.807) is 0 Å². The van der Waals surface area contributed by atoms with Crippen molar-refractivity contribution < 1.29 is 23.7 Å². The molecular formula is C42H40O5. The van der Waals surface area contributed by atoms with Gasteiger partial charge in [0.1, 0.15) is 30.5 Å². The zero-order valence-corrected chi connectivity index (χ0v) is 26.4. The molecule has 0 aliphatic carbocycles. The molecule has 47 heavy (non-hydrogen) atoms. The third-order valence-corrected chi connectivity index (χ3v) is 8.02. The largest absolute Gasteiger partial charge is 0.374 e. The van der Waals surface area contributed by atoms with Gasteiger partial charge in [-0.3, -0.25) is 0 Å². The van der Waals surface area contributed by atoms with Gasteiger partial charge in [-0.1, -0.05) is 151 Å². The zero-order valence-electron chi connectivity index (χ0n) is 26.4. The Kier molecular flexibility index (Phi) is 12.0. The van der Waals surface area contributed by atoms with Crippen molar-refractivity contribution in [2.75, 3.05) is 6.61 Å². The lowest BCUT2D eigenvalue weighted by molar-refractivity contribution is -0.261. The number of ether oxygens (including phenoxy) is 5. The lowest BCUT2D eigenvalue weighted by atomic mass is 9.94. The molecule has 1 heterocycles. The van der Waals surface area contributed by atoms with E-state index in [-0.39, 0.29) is 0 Å². The van der Waals surface area contributed by atoms with Gasteiger partial charge >= 0.3 is 0 Å². The molecule has 0 N–H and O–H groups in total. The second-order valence-electron chi connectivity index (χ2n) is 11.5. The molecule has 5 heteroatoms. The number of benzene rings is 5. The van der Waals surface area contributed by atoms with Crippen molar-refractivity contribution in [3.05, 3.63) is 179 Å². The van der Waals surface area contributed by atoms with E-state index in [2.05, 4.69) is 60.4 Å². The van der Waals surface area contributed by atoms with Crippen LogP contribution in [0.25, 0.3) is 0 Å². The minimum Gasteiger partial charge on any atom is -0.374 e. The van der Waals surface area contributed by atoms with Crippen LogP contribution in [0.4, 0.5) is 0 Å². The second-order valence-corrected chi connectivity index (χ2v) is 11.5. The van der Waals surface area contributed by atoms with Crippen LogP contribution in [-0.2, 0) is 50.1 Å². The molecule has 5 aromatic rings. The summed E-state index contributed by atoms with van der Waals surface area (Å²) in [5.41, 5.74) is 5.17. The summed E-state index contributed by atoms with van der Waals surface area (Å²) >= 11 is 0. The summed E-state index contributed by atoms with van der Waals surface area (Å²) in [7, 11) is 0. The molecule has 0 spiro atoms. The number of hydrogen-bond acceptors (Lipinski definition) is 5. The molecule has 6 rings (SSSR count). The van der Waals surface area contributed by atoms with Crippen LogP contribution in [0.15, 0.2) is 152 Å². The molecule has 5 nitrogen and oxygen atoms in total. The standard InChI is InChI=1S/C42H40O5/c1-6-16-33(17-7-1)26-27-38-40(44-29-35-20-10-3-11-21-35)42(46-31-37-24-14-5-15-25-37)41(45-30-36-22-12-4-13-23-36)39(47-38)32-43-28-34-18-8-2-9-19-34/h1-25,38-42H,28-32H2/t38-,39-,40+,41-,42-/m1/s1. The van der Waals surface area contributed by atoms with Crippen molar-refractivity contribution in [1.29, 1.82) is 0 Å². The summed E-state index contributed by atoms with van der Waals surface area (Å²) in [6.07, 6.45) is -2.60. The molecule has 238 valence electrons. The molecule has 0 unspecified atom stereocenters. The van der Waals surface area contributed by atoms with E-state index in [1.165, 1.54) is 0 Å². The van der Waals surface area contributed by atoms with Gasteiger partial charge in [0.15, 0.2) is 0 Å². The van der Waals surface area contributed by atoms with Gasteiger partial charge in [0.25, 0.3) is 0 Å². The van der Waals surface area contributed by atoms with Crippen molar-refractivity contribution in [2.45, 2.75) is 56.9 Å². The summed E-state index contributed by atoms with van der Waals surface area (Å²) in [5.74, 6) is 6.72. The Morgan fingerprint density at radius 2 is 0.851 bits per heavy atom. The third-order valence-electron chi connectivity index (χ3n) is 8.02. The summed E-state index contributed by atoms with van der Waals surface area (Å²) in [6.45, 7) is 1.91. The van der Waals surface area contributed by atoms with Gasteiger partial charge in [0.2, 0.25) is 0 Å². The normalized spacial score (nSPS) is 20.6. The van der Waals surface area contributed by atoms with Gasteiger partial charge in [-0.25, -0.2) is 0 Å². The maximum Gasteiger partial charge on any atom is 0.147 e. The first-order valence-electron chi connectivity index (χ1n) is 16.1. The average molecular weight is 625 g/mol. The molecule has 1 aliphatic rings.